The monoisotopic (exact) mass is 332 g/mol. The van der Waals surface area contributed by atoms with Crippen molar-refractivity contribution in [1.82, 2.24) is 0 Å². The molecule has 23 heavy (non-hydrogen) atoms. The van der Waals surface area contributed by atoms with E-state index in [1.165, 1.54) is 0 Å². The Balaban J connectivity index is 2.21. The molecule has 5 nitrogen and oxygen atoms in total. The predicted molar refractivity (Wildman–Crippen MR) is 93.5 cm³/mol. The summed E-state index contributed by atoms with van der Waals surface area (Å²) in [6.45, 7) is 5.69. The van der Waals surface area contributed by atoms with Gasteiger partial charge in [-0.3, -0.25) is 9.52 Å². The van der Waals surface area contributed by atoms with Crippen molar-refractivity contribution in [2.24, 2.45) is 0 Å². The summed E-state index contributed by atoms with van der Waals surface area (Å²) in [5, 5.41) is 2.86. The van der Waals surface area contributed by atoms with Gasteiger partial charge in [0.05, 0.1) is 11.9 Å². The third-order valence-corrected chi connectivity index (χ3v) is 3.85. The normalized spacial score (nSPS) is 11.1. The van der Waals surface area contributed by atoms with Gasteiger partial charge in [0.1, 0.15) is 0 Å². The van der Waals surface area contributed by atoms with E-state index in [1.54, 1.807) is 25.1 Å². The zero-order valence-electron chi connectivity index (χ0n) is 13.6. The zero-order chi connectivity index (χ0) is 17.2. The van der Waals surface area contributed by atoms with E-state index in [0.717, 1.165) is 23.1 Å². The fourth-order valence-electron chi connectivity index (χ4n) is 2.37. The van der Waals surface area contributed by atoms with Crippen LogP contribution in [-0.4, -0.2) is 20.6 Å². The first kappa shape index (κ1) is 17.0. The van der Waals surface area contributed by atoms with Crippen LogP contribution in [0.1, 0.15) is 27.0 Å². The van der Waals surface area contributed by atoms with E-state index in [1.807, 2.05) is 32.0 Å². The highest BCUT2D eigenvalue weighted by Gasteiger charge is 2.10. The lowest BCUT2D eigenvalue weighted by Crippen LogP contribution is -2.14. The molecule has 0 spiro atoms. The van der Waals surface area contributed by atoms with Gasteiger partial charge < -0.3 is 5.32 Å². The second-order valence-electron chi connectivity index (χ2n) is 5.73. The molecule has 0 fully saturated rings. The number of aryl methyl sites for hydroxylation is 3. The summed E-state index contributed by atoms with van der Waals surface area (Å²) in [5.74, 6) is -0.232. The van der Waals surface area contributed by atoms with Crippen molar-refractivity contribution in [1.29, 1.82) is 0 Å². The summed E-state index contributed by atoms with van der Waals surface area (Å²) < 4.78 is 25.0. The molecule has 0 bridgehead atoms. The maximum Gasteiger partial charge on any atom is 0.255 e. The molecule has 0 saturated heterocycles. The summed E-state index contributed by atoms with van der Waals surface area (Å²) in [6, 6.07) is 10.7. The molecule has 0 aromatic heterocycles. The molecule has 2 aromatic rings. The summed E-state index contributed by atoms with van der Waals surface area (Å²) >= 11 is 0. The molecule has 0 aliphatic carbocycles. The number of amides is 1. The maximum absolute atomic E-state index is 12.3. The number of hydrogen-bond donors (Lipinski definition) is 2. The Bertz CT molecular complexity index is 838. The van der Waals surface area contributed by atoms with E-state index in [-0.39, 0.29) is 5.91 Å². The number of sulfonamides is 1. The number of carbonyl (C=O) groups excluding carboxylic acids is 1. The van der Waals surface area contributed by atoms with Crippen LogP contribution in [0.5, 0.6) is 0 Å². The van der Waals surface area contributed by atoms with Crippen LogP contribution in [0.25, 0.3) is 0 Å². The summed E-state index contributed by atoms with van der Waals surface area (Å²) in [6.07, 6.45) is 1.09. The van der Waals surface area contributed by atoms with Crippen LogP contribution in [0, 0.1) is 20.8 Å². The van der Waals surface area contributed by atoms with Gasteiger partial charge in [-0.1, -0.05) is 6.07 Å². The Morgan fingerprint density at radius 1 is 0.957 bits per heavy atom. The van der Waals surface area contributed by atoms with Crippen molar-refractivity contribution in [3.63, 3.8) is 0 Å². The third-order valence-electron chi connectivity index (χ3n) is 3.26. The van der Waals surface area contributed by atoms with Crippen molar-refractivity contribution in [2.75, 3.05) is 16.3 Å². The first-order chi connectivity index (χ1) is 10.6. The molecule has 1 amide bonds. The van der Waals surface area contributed by atoms with Crippen molar-refractivity contribution in [3.8, 4) is 0 Å². The van der Waals surface area contributed by atoms with Crippen molar-refractivity contribution in [3.05, 3.63) is 58.7 Å². The topological polar surface area (TPSA) is 75.3 Å². The van der Waals surface area contributed by atoms with Gasteiger partial charge in [-0.05, 0) is 67.8 Å². The standard InChI is InChI=1S/C17H20N2O3S/c1-11-7-12(2)9-15(8-11)18-17(20)14-5-6-16(13(3)10-14)19-23(4,21)22/h5-10,19H,1-4H3,(H,18,20). The minimum absolute atomic E-state index is 0.232. The highest BCUT2D eigenvalue weighted by atomic mass is 32.2. The number of anilines is 2. The Labute approximate surface area is 136 Å². The molecular formula is C17H20N2O3S. The lowest BCUT2D eigenvalue weighted by atomic mass is 10.1. The molecule has 122 valence electrons. The Hall–Kier alpha value is -2.34. The molecule has 2 rings (SSSR count). The largest absolute Gasteiger partial charge is 0.322 e. The SMILES string of the molecule is Cc1cc(C)cc(NC(=O)c2ccc(NS(C)(=O)=O)c(C)c2)c1. The highest BCUT2D eigenvalue weighted by molar-refractivity contribution is 7.92. The predicted octanol–water partition coefficient (Wildman–Crippen LogP) is 3.24. The maximum atomic E-state index is 12.3. The molecule has 2 aromatic carbocycles. The van der Waals surface area contributed by atoms with Crippen molar-refractivity contribution in [2.45, 2.75) is 20.8 Å². The number of hydrogen-bond acceptors (Lipinski definition) is 3. The molecule has 0 heterocycles. The average Bonchev–Trinajstić information content (AvgIpc) is 2.38. The first-order valence-corrected chi connectivity index (χ1v) is 9.01. The molecule has 2 N–H and O–H groups in total. The van der Waals surface area contributed by atoms with Crippen LogP contribution in [0.2, 0.25) is 0 Å². The van der Waals surface area contributed by atoms with Crippen molar-refractivity contribution >= 4 is 27.3 Å². The average molecular weight is 332 g/mol. The van der Waals surface area contributed by atoms with E-state index in [9.17, 15) is 13.2 Å². The van der Waals surface area contributed by atoms with Gasteiger partial charge in [-0.2, -0.15) is 0 Å². The lowest BCUT2D eigenvalue weighted by Gasteiger charge is -2.11. The van der Waals surface area contributed by atoms with Gasteiger partial charge in [0.2, 0.25) is 10.0 Å². The van der Waals surface area contributed by atoms with Crippen LogP contribution in [0.15, 0.2) is 36.4 Å². The van der Waals surface area contributed by atoms with Gasteiger partial charge in [0, 0.05) is 11.3 Å². The smallest absolute Gasteiger partial charge is 0.255 e. The number of carbonyl (C=O) groups is 1. The quantitative estimate of drug-likeness (QED) is 0.902. The Morgan fingerprint density at radius 3 is 2.09 bits per heavy atom. The number of nitrogens with one attached hydrogen (secondary N) is 2. The lowest BCUT2D eigenvalue weighted by molar-refractivity contribution is 0.102. The number of rotatable bonds is 4. The van der Waals surface area contributed by atoms with Gasteiger partial charge in [-0.15, -0.1) is 0 Å². The van der Waals surface area contributed by atoms with Crippen LogP contribution >= 0.6 is 0 Å². The molecule has 0 radical (unpaired) electrons. The molecule has 6 heteroatoms. The van der Waals surface area contributed by atoms with Crippen molar-refractivity contribution < 1.29 is 13.2 Å². The summed E-state index contributed by atoms with van der Waals surface area (Å²) in [4.78, 5) is 12.3. The Kier molecular flexibility index (Phi) is 4.75. The van der Waals surface area contributed by atoms with Gasteiger partial charge in [0.25, 0.3) is 5.91 Å². The van der Waals surface area contributed by atoms with E-state index in [4.69, 9.17) is 0 Å². The van der Waals surface area contributed by atoms with Crippen LogP contribution in [-0.2, 0) is 10.0 Å². The third kappa shape index (κ3) is 4.82. The van der Waals surface area contributed by atoms with E-state index >= 15 is 0 Å². The summed E-state index contributed by atoms with van der Waals surface area (Å²) in [5.41, 5.74) is 4.51. The van der Waals surface area contributed by atoms with Gasteiger partial charge >= 0.3 is 0 Å². The van der Waals surface area contributed by atoms with Crippen LogP contribution in [0.3, 0.4) is 0 Å². The fraction of sp³-hybridized carbons (Fsp3) is 0.235. The van der Waals surface area contributed by atoms with E-state index < -0.39 is 10.0 Å². The molecule has 0 aliphatic heterocycles. The molecule has 0 saturated carbocycles. The van der Waals surface area contributed by atoms with E-state index in [0.29, 0.717) is 16.8 Å². The van der Waals surface area contributed by atoms with Crippen LogP contribution in [0.4, 0.5) is 11.4 Å². The molecular weight excluding hydrogens is 312 g/mol. The minimum Gasteiger partial charge on any atom is -0.322 e. The Morgan fingerprint density at radius 2 is 1.57 bits per heavy atom. The molecule has 0 aliphatic rings. The number of benzene rings is 2. The molecule has 0 unspecified atom stereocenters. The van der Waals surface area contributed by atoms with Crippen LogP contribution < -0.4 is 10.0 Å². The highest BCUT2D eigenvalue weighted by Crippen LogP contribution is 2.19. The summed E-state index contributed by atoms with van der Waals surface area (Å²) in [7, 11) is -3.34. The fourth-order valence-corrected chi connectivity index (χ4v) is 3.00. The molecule has 0 atom stereocenters. The zero-order valence-corrected chi connectivity index (χ0v) is 14.4. The second kappa shape index (κ2) is 6.42. The van der Waals surface area contributed by atoms with Gasteiger partial charge in [0.15, 0.2) is 0 Å². The van der Waals surface area contributed by atoms with Gasteiger partial charge in [-0.25, -0.2) is 8.42 Å². The first-order valence-electron chi connectivity index (χ1n) is 7.12. The minimum atomic E-state index is -3.34. The second-order valence-corrected chi connectivity index (χ2v) is 7.48. The van der Waals surface area contributed by atoms with E-state index in [2.05, 4.69) is 10.0 Å².